The highest BCUT2D eigenvalue weighted by Crippen LogP contribution is 2.42. The summed E-state index contributed by atoms with van der Waals surface area (Å²) in [4.78, 5) is 33.2. The van der Waals surface area contributed by atoms with Crippen molar-refractivity contribution >= 4 is 34.3 Å². The minimum absolute atomic E-state index is 0.0660. The van der Waals surface area contributed by atoms with Crippen molar-refractivity contribution in [2.24, 2.45) is 0 Å². The zero-order chi connectivity index (χ0) is 21.0. The van der Waals surface area contributed by atoms with Crippen molar-refractivity contribution in [3.8, 4) is 0 Å². The number of carbonyl (C=O) groups excluding carboxylic acids is 2. The number of hydrogen-bond acceptors (Lipinski definition) is 2. The second-order valence-electron chi connectivity index (χ2n) is 8.14. The van der Waals surface area contributed by atoms with Crippen molar-refractivity contribution in [3.63, 3.8) is 0 Å². The van der Waals surface area contributed by atoms with E-state index in [1.54, 1.807) is 22.8 Å². The molecule has 0 radical (unpaired) electrons. The molecule has 3 aromatic rings. The van der Waals surface area contributed by atoms with Crippen molar-refractivity contribution in [1.82, 2.24) is 14.8 Å². The lowest BCUT2D eigenvalue weighted by Gasteiger charge is -2.49. The van der Waals surface area contributed by atoms with Crippen LogP contribution in [0, 0.1) is 5.82 Å². The van der Waals surface area contributed by atoms with Crippen molar-refractivity contribution < 1.29 is 14.0 Å². The van der Waals surface area contributed by atoms with Crippen molar-refractivity contribution in [2.75, 3.05) is 19.6 Å². The molecule has 7 heteroatoms. The van der Waals surface area contributed by atoms with Gasteiger partial charge in [0.15, 0.2) is 5.54 Å². The fourth-order valence-electron chi connectivity index (χ4n) is 4.80. The van der Waals surface area contributed by atoms with Crippen molar-refractivity contribution in [3.05, 3.63) is 70.1 Å². The Bertz CT molecular complexity index is 1170. The highest BCUT2D eigenvalue weighted by molar-refractivity contribution is 6.30. The van der Waals surface area contributed by atoms with E-state index in [-0.39, 0.29) is 24.2 Å². The van der Waals surface area contributed by atoms with Crippen LogP contribution >= 0.6 is 11.6 Å². The van der Waals surface area contributed by atoms with E-state index in [2.05, 4.69) is 4.98 Å². The quantitative estimate of drug-likeness (QED) is 0.696. The molecule has 1 unspecified atom stereocenters. The molecule has 0 saturated carbocycles. The molecule has 154 valence electrons. The van der Waals surface area contributed by atoms with E-state index < -0.39 is 5.54 Å². The molecular weight excluding hydrogens is 405 g/mol. The first kappa shape index (κ1) is 19.1. The first-order valence-corrected chi connectivity index (χ1v) is 10.4. The van der Waals surface area contributed by atoms with Gasteiger partial charge in [-0.3, -0.25) is 9.59 Å². The van der Waals surface area contributed by atoms with Crippen LogP contribution in [0.15, 0.2) is 42.5 Å². The van der Waals surface area contributed by atoms with E-state index in [1.807, 2.05) is 24.3 Å². The third kappa shape index (κ3) is 2.82. The number of nitrogens with zero attached hydrogens (tertiary/aromatic N) is 2. The van der Waals surface area contributed by atoms with Crippen LogP contribution in [0.5, 0.6) is 0 Å². The van der Waals surface area contributed by atoms with E-state index in [0.29, 0.717) is 36.6 Å². The average Bonchev–Trinajstić information content (AvgIpc) is 3.10. The number of nitrogens with one attached hydrogen (secondary N) is 1. The Balaban J connectivity index is 1.50. The second-order valence-corrected chi connectivity index (χ2v) is 8.58. The number of H-pyrrole nitrogens is 1. The van der Waals surface area contributed by atoms with Gasteiger partial charge in [-0.1, -0.05) is 23.7 Å². The van der Waals surface area contributed by atoms with Crippen LogP contribution in [0.4, 0.5) is 4.39 Å². The molecule has 0 spiro atoms. The number of piperazine rings is 1. The van der Waals surface area contributed by atoms with Gasteiger partial charge in [0.25, 0.3) is 5.91 Å². The van der Waals surface area contributed by atoms with Crippen LogP contribution in [0.3, 0.4) is 0 Å². The maximum absolute atomic E-state index is 13.8. The molecule has 0 bridgehead atoms. The number of rotatable bonds is 3. The Kier molecular flexibility index (Phi) is 4.36. The summed E-state index contributed by atoms with van der Waals surface area (Å²) < 4.78 is 13.8. The number of benzene rings is 2. The van der Waals surface area contributed by atoms with E-state index >= 15 is 0 Å². The van der Waals surface area contributed by atoms with Gasteiger partial charge in [0.2, 0.25) is 5.91 Å². The lowest BCUT2D eigenvalue weighted by molar-refractivity contribution is -0.165. The molecule has 5 nitrogen and oxygen atoms in total. The van der Waals surface area contributed by atoms with Crippen LogP contribution in [0.1, 0.15) is 23.7 Å². The molecule has 1 saturated heterocycles. The van der Waals surface area contributed by atoms with E-state index in [4.69, 9.17) is 11.6 Å². The third-order valence-electron chi connectivity index (χ3n) is 6.39. The molecule has 0 aliphatic carbocycles. The smallest absolute Gasteiger partial charge is 0.254 e. The van der Waals surface area contributed by atoms with Crippen molar-refractivity contribution in [1.29, 1.82) is 0 Å². The maximum atomic E-state index is 13.8. The van der Waals surface area contributed by atoms with E-state index in [9.17, 15) is 14.0 Å². The molecular formula is C23H21ClFN3O2. The van der Waals surface area contributed by atoms with Crippen LogP contribution in [0.2, 0.25) is 5.02 Å². The normalized spacial score (nSPS) is 21.2. The number of carbonyl (C=O) groups is 2. The van der Waals surface area contributed by atoms with E-state index in [1.165, 1.54) is 12.1 Å². The van der Waals surface area contributed by atoms with Gasteiger partial charge in [-0.25, -0.2) is 4.39 Å². The summed E-state index contributed by atoms with van der Waals surface area (Å²) in [6, 6.07) is 12.1. The highest BCUT2D eigenvalue weighted by Gasteiger charge is 2.53. The summed E-state index contributed by atoms with van der Waals surface area (Å²) in [6.45, 7) is 2.76. The largest absolute Gasteiger partial charge is 0.356 e. The molecule has 2 amide bonds. The fourth-order valence-corrected chi connectivity index (χ4v) is 4.92. The van der Waals surface area contributed by atoms with Crippen LogP contribution in [-0.4, -0.2) is 46.2 Å². The van der Waals surface area contributed by atoms with Gasteiger partial charge >= 0.3 is 0 Å². The maximum Gasteiger partial charge on any atom is 0.254 e. The van der Waals surface area contributed by atoms with Gasteiger partial charge < -0.3 is 14.8 Å². The van der Waals surface area contributed by atoms with Gasteiger partial charge in [0, 0.05) is 29.0 Å². The zero-order valence-electron chi connectivity index (χ0n) is 16.5. The van der Waals surface area contributed by atoms with Crippen molar-refractivity contribution in [2.45, 2.75) is 25.3 Å². The molecule has 1 fully saturated rings. The number of aromatic nitrogens is 1. The van der Waals surface area contributed by atoms with Crippen LogP contribution in [0.25, 0.3) is 10.9 Å². The molecule has 1 aromatic heterocycles. The topological polar surface area (TPSA) is 56.4 Å². The summed E-state index contributed by atoms with van der Waals surface area (Å²) in [5.41, 5.74) is 2.34. The lowest BCUT2D eigenvalue weighted by Crippen LogP contribution is -2.67. The molecule has 3 heterocycles. The summed E-state index contributed by atoms with van der Waals surface area (Å²) in [5.74, 6) is -0.486. The lowest BCUT2D eigenvalue weighted by atomic mass is 9.83. The SMILES string of the molecule is CC12C(=O)N(CCc3ccc(Cl)cc3)CC(=O)N1CCc1c2[nH]c2ccc(F)cc12. The standard InChI is InChI=1S/C23H21ClFN3O2/c1-23-21-17(18-12-16(25)6-7-19(18)26-21)9-11-28(23)20(29)13-27(22(23)30)10-8-14-2-4-15(24)5-3-14/h2-7,12,26H,8-11,13H2,1H3. The molecule has 5 rings (SSSR count). The highest BCUT2D eigenvalue weighted by atomic mass is 35.5. The molecule has 30 heavy (non-hydrogen) atoms. The van der Waals surface area contributed by atoms with Crippen LogP contribution in [-0.2, 0) is 28.0 Å². The van der Waals surface area contributed by atoms with Gasteiger partial charge in [-0.15, -0.1) is 0 Å². The Morgan fingerprint density at radius 2 is 1.93 bits per heavy atom. The van der Waals surface area contributed by atoms with Gasteiger partial charge in [0.1, 0.15) is 5.82 Å². The number of halogens is 2. The Labute approximate surface area is 178 Å². The first-order valence-electron chi connectivity index (χ1n) is 10.0. The van der Waals surface area contributed by atoms with E-state index in [0.717, 1.165) is 22.0 Å². The second kappa shape index (κ2) is 6.84. The van der Waals surface area contributed by atoms with Gasteiger partial charge in [-0.2, -0.15) is 0 Å². The summed E-state index contributed by atoms with van der Waals surface area (Å²) in [5, 5.41) is 1.44. The van der Waals surface area contributed by atoms with Crippen LogP contribution < -0.4 is 0 Å². The number of aromatic amines is 1. The minimum Gasteiger partial charge on any atom is -0.356 e. The monoisotopic (exact) mass is 425 g/mol. The minimum atomic E-state index is -1.11. The molecule has 1 atom stereocenters. The predicted molar refractivity (Wildman–Crippen MR) is 113 cm³/mol. The number of amides is 2. The Morgan fingerprint density at radius 3 is 2.70 bits per heavy atom. The Hall–Kier alpha value is -2.86. The zero-order valence-corrected chi connectivity index (χ0v) is 17.3. The molecule has 2 aromatic carbocycles. The first-order chi connectivity index (χ1) is 14.4. The third-order valence-corrected chi connectivity index (χ3v) is 6.65. The molecule has 2 aliphatic heterocycles. The summed E-state index contributed by atoms with van der Waals surface area (Å²) >= 11 is 5.95. The predicted octanol–water partition coefficient (Wildman–Crippen LogP) is 3.65. The number of hydrogen-bond donors (Lipinski definition) is 1. The van der Waals surface area contributed by atoms with Gasteiger partial charge in [-0.05, 0) is 61.2 Å². The Morgan fingerprint density at radius 1 is 1.17 bits per heavy atom. The molecule has 1 N–H and O–H groups in total. The fraction of sp³-hybridized carbons (Fsp3) is 0.304. The summed E-state index contributed by atoms with van der Waals surface area (Å²) in [7, 11) is 0. The van der Waals surface area contributed by atoms with Gasteiger partial charge in [0.05, 0.1) is 12.2 Å². The molecule has 2 aliphatic rings. The number of fused-ring (bicyclic) bond motifs is 5. The average molecular weight is 426 g/mol. The summed E-state index contributed by atoms with van der Waals surface area (Å²) in [6.07, 6.45) is 1.23.